The number of hydrogen-bond acceptors (Lipinski definition) is 2. The first kappa shape index (κ1) is 8.27. The van der Waals surface area contributed by atoms with Gasteiger partial charge in [-0.2, -0.15) is 0 Å². The summed E-state index contributed by atoms with van der Waals surface area (Å²) in [6.45, 7) is 5.17. The molecule has 1 heterocycles. The normalized spacial score (nSPS) is 13.3. The number of nitrogens with one attached hydrogen (secondary N) is 2. The fourth-order valence-electron chi connectivity index (χ4n) is 0.810. The van der Waals surface area contributed by atoms with E-state index in [1.807, 2.05) is 6.20 Å². The maximum atomic E-state index is 4.10. The van der Waals surface area contributed by atoms with Crippen LogP contribution >= 0.6 is 0 Å². The lowest BCUT2D eigenvalue weighted by atomic mass is 10.2. The Bertz CT molecular complexity index is 181. The Morgan fingerprint density at radius 1 is 1.73 bits per heavy atom. The molecule has 3 nitrogen and oxygen atoms in total. The van der Waals surface area contributed by atoms with Crippen molar-refractivity contribution in [3.05, 3.63) is 18.2 Å². The molecular formula is C8H15N3. The lowest BCUT2D eigenvalue weighted by Gasteiger charge is -2.08. The Kier molecular flexibility index (Phi) is 3.11. The summed E-state index contributed by atoms with van der Waals surface area (Å²) >= 11 is 0. The van der Waals surface area contributed by atoms with Crippen LogP contribution in [0.3, 0.4) is 0 Å². The summed E-state index contributed by atoms with van der Waals surface area (Å²) < 4.78 is 0. The average Bonchev–Trinajstić information content (AvgIpc) is 2.52. The number of aromatic amines is 1. The zero-order chi connectivity index (χ0) is 8.10. The largest absolute Gasteiger partial charge is 0.348 e. The molecule has 62 valence electrons. The maximum Gasteiger partial charge on any atom is 0.120 e. The van der Waals surface area contributed by atoms with Crippen LogP contribution in [0.2, 0.25) is 0 Å². The van der Waals surface area contributed by atoms with E-state index in [0.29, 0.717) is 6.04 Å². The maximum absolute atomic E-state index is 4.10. The van der Waals surface area contributed by atoms with Crippen LogP contribution in [0.4, 0.5) is 0 Å². The third kappa shape index (κ3) is 2.72. The highest BCUT2D eigenvalue weighted by Crippen LogP contribution is 1.91. The molecule has 1 unspecified atom stereocenters. The number of H-pyrrole nitrogens is 1. The molecule has 0 aliphatic rings. The van der Waals surface area contributed by atoms with Crippen LogP contribution in [-0.2, 0) is 6.54 Å². The highest BCUT2D eigenvalue weighted by molar-refractivity contribution is 4.86. The van der Waals surface area contributed by atoms with E-state index in [4.69, 9.17) is 0 Å². The van der Waals surface area contributed by atoms with Gasteiger partial charge < -0.3 is 10.3 Å². The van der Waals surface area contributed by atoms with E-state index in [9.17, 15) is 0 Å². The van der Waals surface area contributed by atoms with Crippen molar-refractivity contribution in [3.8, 4) is 0 Å². The van der Waals surface area contributed by atoms with Gasteiger partial charge in [-0.25, -0.2) is 4.98 Å². The van der Waals surface area contributed by atoms with E-state index in [2.05, 4.69) is 29.1 Å². The fraction of sp³-hybridized carbons (Fsp3) is 0.625. The predicted octanol–water partition coefficient (Wildman–Crippen LogP) is 1.30. The molecule has 11 heavy (non-hydrogen) atoms. The van der Waals surface area contributed by atoms with Gasteiger partial charge in [-0.1, -0.05) is 6.92 Å². The minimum Gasteiger partial charge on any atom is -0.348 e. The van der Waals surface area contributed by atoms with E-state index >= 15 is 0 Å². The van der Waals surface area contributed by atoms with Crippen molar-refractivity contribution in [3.63, 3.8) is 0 Å². The zero-order valence-electron chi connectivity index (χ0n) is 7.09. The van der Waals surface area contributed by atoms with Gasteiger partial charge in [0, 0.05) is 18.4 Å². The first-order valence-corrected chi connectivity index (χ1v) is 4.04. The summed E-state index contributed by atoms with van der Waals surface area (Å²) in [6, 6.07) is 0.570. The Balaban J connectivity index is 2.23. The molecule has 3 heteroatoms. The van der Waals surface area contributed by atoms with Crippen LogP contribution in [-0.4, -0.2) is 16.0 Å². The lowest BCUT2D eigenvalue weighted by Crippen LogP contribution is -2.24. The summed E-state index contributed by atoms with van der Waals surface area (Å²) in [5.41, 5.74) is 0. The van der Waals surface area contributed by atoms with Crippen molar-refractivity contribution >= 4 is 0 Å². The van der Waals surface area contributed by atoms with E-state index in [-0.39, 0.29) is 0 Å². The molecule has 0 saturated heterocycles. The van der Waals surface area contributed by atoms with Crippen molar-refractivity contribution < 1.29 is 0 Å². The van der Waals surface area contributed by atoms with E-state index in [1.165, 1.54) is 0 Å². The smallest absolute Gasteiger partial charge is 0.120 e. The molecule has 0 aromatic carbocycles. The first-order valence-electron chi connectivity index (χ1n) is 4.04. The van der Waals surface area contributed by atoms with Gasteiger partial charge in [0.15, 0.2) is 0 Å². The molecular weight excluding hydrogens is 138 g/mol. The Morgan fingerprint density at radius 3 is 3.09 bits per heavy atom. The monoisotopic (exact) mass is 153 g/mol. The Morgan fingerprint density at radius 2 is 2.55 bits per heavy atom. The minimum absolute atomic E-state index is 0.570. The van der Waals surface area contributed by atoms with E-state index in [1.54, 1.807) is 6.20 Å². The highest BCUT2D eigenvalue weighted by Gasteiger charge is 1.97. The van der Waals surface area contributed by atoms with E-state index in [0.717, 1.165) is 18.8 Å². The Labute approximate surface area is 67.2 Å². The highest BCUT2D eigenvalue weighted by atomic mass is 15.0. The number of rotatable bonds is 4. The second kappa shape index (κ2) is 4.13. The first-order chi connectivity index (χ1) is 5.33. The van der Waals surface area contributed by atoms with Crippen molar-refractivity contribution in [2.75, 3.05) is 0 Å². The van der Waals surface area contributed by atoms with Gasteiger partial charge in [-0.05, 0) is 13.3 Å². The minimum atomic E-state index is 0.570. The number of aromatic nitrogens is 2. The molecule has 0 aliphatic heterocycles. The van der Waals surface area contributed by atoms with Gasteiger partial charge in [0.1, 0.15) is 5.82 Å². The van der Waals surface area contributed by atoms with Gasteiger partial charge in [0.2, 0.25) is 0 Å². The number of hydrogen-bond donors (Lipinski definition) is 2. The van der Waals surface area contributed by atoms with Crippen molar-refractivity contribution in [2.24, 2.45) is 0 Å². The lowest BCUT2D eigenvalue weighted by molar-refractivity contribution is 0.525. The van der Waals surface area contributed by atoms with Gasteiger partial charge in [0.25, 0.3) is 0 Å². The summed E-state index contributed by atoms with van der Waals surface area (Å²) in [7, 11) is 0. The van der Waals surface area contributed by atoms with E-state index < -0.39 is 0 Å². The van der Waals surface area contributed by atoms with Crippen LogP contribution in [0.25, 0.3) is 0 Å². The second-order valence-electron chi connectivity index (χ2n) is 2.73. The van der Waals surface area contributed by atoms with Crippen LogP contribution < -0.4 is 5.32 Å². The van der Waals surface area contributed by atoms with Crippen molar-refractivity contribution in [1.29, 1.82) is 0 Å². The molecule has 0 aliphatic carbocycles. The van der Waals surface area contributed by atoms with Gasteiger partial charge in [0.05, 0.1) is 6.54 Å². The SMILES string of the molecule is CCC(C)NCc1ncc[nH]1. The van der Waals surface area contributed by atoms with Crippen LogP contribution in [0.15, 0.2) is 12.4 Å². The van der Waals surface area contributed by atoms with Gasteiger partial charge >= 0.3 is 0 Å². The predicted molar refractivity (Wildman–Crippen MR) is 45.2 cm³/mol. The third-order valence-corrected chi connectivity index (χ3v) is 1.79. The molecule has 1 rings (SSSR count). The summed E-state index contributed by atoms with van der Waals surface area (Å²) in [5.74, 6) is 1.00. The summed E-state index contributed by atoms with van der Waals surface area (Å²) in [6.07, 6.45) is 4.77. The molecule has 0 spiro atoms. The average molecular weight is 153 g/mol. The third-order valence-electron chi connectivity index (χ3n) is 1.79. The molecule has 1 aromatic heterocycles. The second-order valence-corrected chi connectivity index (χ2v) is 2.73. The molecule has 0 saturated carbocycles. The molecule has 0 fully saturated rings. The molecule has 0 amide bonds. The quantitative estimate of drug-likeness (QED) is 0.684. The topological polar surface area (TPSA) is 40.7 Å². The molecule has 2 N–H and O–H groups in total. The zero-order valence-corrected chi connectivity index (χ0v) is 7.09. The van der Waals surface area contributed by atoms with Gasteiger partial charge in [-0.15, -0.1) is 0 Å². The molecule has 1 atom stereocenters. The standard InChI is InChI=1S/C8H15N3/c1-3-7(2)11-6-8-9-4-5-10-8/h4-5,7,11H,3,6H2,1-2H3,(H,9,10). The molecule has 1 aromatic rings. The van der Waals surface area contributed by atoms with Gasteiger partial charge in [-0.3, -0.25) is 0 Å². The number of nitrogens with zero attached hydrogens (tertiary/aromatic N) is 1. The van der Waals surface area contributed by atoms with Crippen molar-refractivity contribution in [1.82, 2.24) is 15.3 Å². The number of imidazole rings is 1. The summed E-state index contributed by atoms with van der Waals surface area (Å²) in [5, 5.41) is 3.34. The fourth-order valence-corrected chi connectivity index (χ4v) is 0.810. The van der Waals surface area contributed by atoms with Crippen LogP contribution in [0.1, 0.15) is 26.1 Å². The van der Waals surface area contributed by atoms with Crippen LogP contribution in [0.5, 0.6) is 0 Å². The summed E-state index contributed by atoms with van der Waals surface area (Å²) in [4.78, 5) is 7.15. The Hall–Kier alpha value is -0.830. The molecule has 0 radical (unpaired) electrons. The molecule has 0 bridgehead atoms. The van der Waals surface area contributed by atoms with Crippen LogP contribution in [0, 0.1) is 0 Å². The van der Waals surface area contributed by atoms with Crippen molar-refractivity contribution in [2.45, 2.75) is 32.9 Å².